The van der Waals surface area contributed by atoms with Gasteiger partial charge in [0, 0.05) is 12.5 Å². The molecule has 7 aromatic carbocycles. The normalized spacial score (nSPS) is 13.7. The van der Waals surface area contributed by atoms with Crippen molar-refractivity contribution in [3.63, 3.8) is 0 Å². The van der Waals surface area contributed by atoms with Crippen LogP contribution in [0.1, 0.15) is 126 Å². The Hall–Kier alpha value is -7.12. The summed E-state index contributed by atoms with van der Waals surface area (Å²) in [5, 5.41) is 6.11. The summed E-state index contributed by atoms with van der Waals surface area (Å²) in [5.74, 6) is 2.88. The number of nitrogens with one attached hydrogen (secondary N) is 2. The summed E-state index contributed by atoms with van der Waals surface area (Å²) < 4.78 is 17.2. The second-order valence-electron chi connectivity index (χ2n) is 19.2. The van der Waals surface area contributed by atoms with Gasteiger partial charge in [-0.15, -0.1) is 0 Å². The zero-order valence-corrected chi connectivity index (χ0v) is 40.9. The molecule has 7 nitrogen and oxygen atoms in total. The highest BCUT2D eigenvalue weighted by molar-refractivity contribution is 5.79. The molecule has 0 saturated carbocycles. The average molecular weight is 919 g/mol. The molecule has 0 heterocycles. The van der Waals surface area contributed by atoms with Gasteiger partial charge in [-0.1, -0.05) is 191 Å². The topological polar surface area (TPSA) is 85.9 Å². The number of ether oxygens (including phenoxy) is 3. The second kappa shape index (κ2) is 22.8. The van der Waals surface area contributed by atoms with Crippen LogP contribution < -0.4 is 15.4 Å². The van der Waals surface area contributed by atoms with Crippen LogP contribution in [0.15, 0.2) is 176 Å². The monoisotopic (exact) mass is 918 g/mol. The van der Waals surface area contributed by atoms with Crippen LogP contribution in [-0.2, 0) is 22.6 Å². The van der Waals surface area contributed by atoms with Crippen LogP contribution in [0.4, 0.5) is 9.59 Å². The molecule has 1 aliphatic rings. The summed E-state index contributed by atoms with van der Waals surface area (Å²) in [7, 11) is 1.64. The van der Waals surface area contributed by atoms with Crippen LogP contribution >= 0.6 is 0 Å². The van der Waals surface area contributed by atoms with E-state index in [2.05, 4.69) is 148 Å². The van der Waals surface area contributed by atoms with Crippen LogP contribution in [0.5, 0.6) is 5.75 Å². The molecule has 8 rings (SSSR count). The zero-order chi connectivity index (χ0) is 48.3. The van der Waals surface area contributed by atoms with E-state index in [1.807, 2.05) is 73.7 Å². The van der Waals surface area contributed by atoms with E-state index in [0.29, 0.717) is 36.1 Å². The third kappa shape index (κ3) is 12.0. The maximum absolute atomic E-state index is 13.7. The maximum Gasteiger partial charge on any atom is 0.407 e. The van der Waals surface area contributed by atoms with Crippen molar-refractivity contribution in [1.29, 1.82) is 0 Å². The number of amides is 2. The molecular formula is C62H66N2O5. The number of fused-ring (bicyclic) bond motifs is 3. The molecule has 0 bridgehead atoms. The Kier molecular flexibility index (Phi) is 16.0. The van der Waals surface area contributed by atoms with Gasteiger partial charge < -0.3 is 24.8 Å². The molecular weight excluding hydrogens is 853 g/mol. The van der Waals surface area contributed by atoms with E-state index >= 15 is 0 Å². The van der Waals surface area contributed by atoms with Crippen molar-refractivity contribution < 1.29 is 23.8 Å². The first-order chi connectivity index (χ1) is 33.6. The van der Waals surface area contributed by atoms with Crippen LogP contribution in [0.25, 0.3) is 11.1 Å². The van der Waals surface area contributed by atoms with Crippen molar-refractivity contribution in [2.24, 2.45) is 11.8 Å². The summed E-state index contributed by atoms with van der Waals surface area (Å²) in [6.45, 7) is 12.0. The van der Waals surface area contributed by atoms with Crippen molar-refractivity contribution in [3.05, 3.63) is 232 Å². The highest BCUT2D eigenvalue weighted by Crippen LogP contribution is 2.45. The quantitative estimate of drug-likeness (QED) is 0.0844. The Bertz CT molecular complexity index is 2670. The Morgan fingerprint density at radius 1 is 0.551 bits per heavy atom. The largest absolute Gasteiger partial charge is 0.497 e. The van der Waals surface area contributed by atoms with Gasteiger partial charge in [-0.2, -0.15) is 0 Å². The Labute approximate surface area is 409 Å². The molecule has 69 heavy (non-hydrogen) atoms. The number of benzene rings is 7. The zero-order valence-electron chi connectivity index (χ0n) is 40.9. The van der Waals surface area contributed by atoms with Crippen molar-refractivity contribution in [1.82, 2.24) is 10.6 Å². The molecule has 7 aromatic rings. The third-order valence-electron chi connectivity index (χ3n) is 14.1. The van der Waals surface area contributed by atoms with E-state index in [9.17, 15) is 9.59 Å². The van der Waals surface area contributed by atoms with Crippen LogP contribution in [-0.4, -0.2) is 25.9 Å². The minimum Gasteiger partial charge on any atom is -0.497 e. The smallest absolute Gasteiger partial charge is 0.407 e. The van der Waals surface area contributed by atoms with Crippen LogP contribution in [0, 0.1) is 18.8 Å². The Morgan fingerprint density at radius 3 is 1.61 bits per heavy atom. The van der Waals surface area contributed by atoms with Crippen molar-refractivity contribution in [2.75, 3.05) is 13.7 Å². The van der Waals surface area contributed by atoms with E-state index in [-0.39, 0.29) is 19.1 Å². The van der Waals surface area contributed by atoms with Gasteiger partial charge in [0.25, 0.3) is 0 Å². The summed E-state index contributed by atoms with van der Waals surface area (Å²) >= 11 is 0. The predicted molar refractivity (Wildman–Crippen MR) is 278 cm³/mol. The van der Waals surface area contributed by atoms with Crippen molar-refractivity contribution >= 4 is 12.2 Å². The molecule has 0 radical (unpaired) electrons. The first-order valence-electron chi connectivity index (χ1n) is 24.5. The molecule has 3 atom stereocenters. The number of hydrogen-bond acceptors (Lipinski definition) is 5. The van der Waals surface area contributed by atoms with E-state index in [1.54, 1.807) is 7.11 Å². The predicted octanol–water partition coefficient (Wildman–Crippen LogP) is 14.8. The van der Waals surface area contributed by atoms with E-state index in [1.165, 1.54) is 27.8 Å². The summed E-state index contributed by atoms with van der Waals surface area (Å²) in [5.41, 5.74) is 13.3. The second-order valence-corrected chi connectivity index (χ2v) is 19.2. The molecule has 3 unspecified atom stereocenters. The molecule has 0 saturated heterocycles. The Balaban J connectivity index is 0.896. The number of aryl methyl sites for hydroxylation is 1. The molecule has 1 aliphatic carbocycles. The summed E-state index contributed by atoms with van der Waals surface area (Å²) in [6.07, 6.45) is 1.11. The maximum atomic E-state index is 13.7. The van der Waals surface area contributed by atoms with Gasteiger partial charge >= 0.3 is 12.2 Å². The lowest BCUT2D eigenvalue weighted by Gasteiger charge is -2.32. The van der Waals surface area contributed by atoms with Gasteiger partial charge in [0.2, 0.25) is 0 Å². The fourth-order valence-electron chi connectivity index (χ4n) is 10.3. The third-order valence-corrected chi connectivity index (χ3v) is 14.1. The van der Waals surface area contributed by atoms with Crippen LogP contribution in [0.3, 0.4) is 0 Å². The first kappa shape index (κ1) is 48.3. The van der Waals surface area contributed by atoms with Gasteiger partial charge in [0.1, 0.15) is 19.0 Å². The van der Waals surface area contributed by atoms with Gasteiger partial charge in [-0.3, -0.25) is 0 Å². The lowest BCUT2D eigenvalue weighted by atomic mass is 9.73. The number of rotatable bonds is 19. The van der Waals surface area contributed by atoms with Crippen molar-refractivity contribution in [2.45, 2.75) is 90.3 Å². The highest BCUT2D eigenvalue weighted by atomic mass is 16.6. The lowest BCUT2D eigenvalue weighted by molar-refractivity contribution is 0.138. The van der Waals surface area contributed by atoms with Gasteiger partial charge in [0.05, 0.1) is 13.2 Å². The molecule has 0 aromatic heterocycles. The van der Waals surface area contributed by atoms with E-state index < -0.39 is 18.2 Å². The number of alkyl carbamates (subject to hydrolysis) is 2. The average Bonchev–Trinajstić information content (AvgIpc) is 3.70. The highest BCUT2D eigenvalue weighted by Gasteiger charge is 2.31. The number of hydrogen-bond donors (Lipinski definition) is 2. The van der Waals surface area contributed by atoms with Crippen molar-refractivity contribution in [3.8, 4) is 16.9 Å². The molecule has 0 aliphatic heterocycles. The number of carbonyl (C=O) groups is 2. The summed E-state index contributed by atoms with van der Waals surface area (Å²) in [6, 6.07) is 60.4. The lowest BCUT2D eigenvalue weighted by Crippen LogP contribution is -2.31. The first-order valence-corrected chi connectivity index (χ1v) is 24.5. The van der Waals surface area contributed by atoms with E-state index in [0.717, 1.165) is 57.5 Å². The standard InChI is InChI=1S/C62H66N2O5/c1-41(2)57(47-17-9-7-10-18-47)36-50(37-58(42(3)4)48-19-11-8-12-20-48)46-29-25-44(26-30-46)38-63-61(65)68-39-45-27-31-49(32-28-45)60(52-34-33-51(67-6)35-43(52)5)64-62(66)69-40-59-55-23-15-13-21-53(55)54-22-14-16-24-56(54)59/h7-35,41-42,50,57-60H,36-40H2,1-6H3,(H,63,65)(H,64,66). The molecule has 7 heteroatoms. The number of methoxy groups -OCH3 is 1. The van der Waals surface area contributed by atoms with E-state index in [4.69, 9.17) is 14.2 Å². The number of carbonyl (C=O) groups excluding carboxylic acids is 2. The molecule has 2 N–H and O–H groups in total. The molecule has 2 amide bonds. The summed E-state index contributed by atoms with van der Waals surface area (Å²) in [4.78, 5) is 26.7. The van der Waals surface area contributed by atoms with Gasteiger partial charge in [0.15, 0.2) is 0 Å². The van der Waals surface area contributed by atoms with Gasteiger partial charge in [-0.25, -0.2) is 9.59 Å². The molecule has 354 valence electrons. The fourth-order valence-corrected chi connectivity index (χ4v) is 10.3. The minimum atomic E-state index is -0.513. The van der Waals surface area contributed by atoms with Gasteiger partial charge in [-0.05, 0) is 128 Å². The van der Waals surface area contributed by atoms with Crippen LogP contribution in [0.2, 0.25) is 0 Å². The molecule has 0 spiro atoms. The fraction of sp³-hybridized carbons (Fsp3) is 0.290. The Morgan fingerprint density at radius 2 is 1.07 bits per heavy atom. The minimum absolute atomic E-state index is 0.0550. The SMILES string of the molecule is COc1ccc(C(NC(=O)OCC2c3ccccc3-c3ccccc32)c2ccc(COC(=O)NCc3ccc(C(CC(c4ccccc4)C(C)C)CC(c4ccccc4)C(C)C)cc3)cc2)c(C)c1. The molecule has 0 fully saturated rings.